The summed E-state index contributed by atoms with van der Waals surface area (Å²) in [6.45, 7) is 6.17. The fourth-order valence-electron chi connectivity index (χ4n) is 3.06. The van der Waals surface area contributed by atoms with Gasteiger partial charge >= 0.3 is 0 Å². The Morgan fingerprint density at radius 2 is 1.65 bits per heavy atom. The highest BCUT2D eigenvalue weighted by Crippen LogP contribution is 2.34. The van der Waals surface area contributed by atoms with E-state index in [4.69, 9.17) is 0 Å². The molecule has 2 unspecified atom stereocenters. The molecule has 0 N–H and O–H groups in total. The van der Waals surface area contributed by atoms with Crippen molar-refractivity contribution in [2.24, 2.45) is 5.92 Å². The molecule has 3 rings (SSSR count). The summed E-state index contributed by atoms with van der Waals surface area (Å²) in [5, 5.41) is 0. The van der Waals surface area contributed by atoms with Crippen LogP contribution in [0.3, 0.4) is 0 Å². The molecule has 3 nitrogen and oxygen atoms in total. The van der Waals surface area contributed by atoms with Gasteiger partial charge in [0, 0.05) is 36.7 Å². The number of likely N-dealkylation sites (N-methyl/N-ethyl adjacent to an activating group) is 1. The van der Waals surface area contributed by atoms with Crippen LogP contribution < -0.4 is 0 Å². The van der Waals surface area contributed by atoms with Crippen LogP contribution in [0.1, 0.15) is 26.7 Å². The Hall–Kier alpha value is -0.220. The van der Waals surface area contributed by atoms with E-state index < -0.39 is 0 Å². The smallest absolute Gasteiger partial charge is 0.227 e. The molecule has 3 saturated heterocycles. The molecule has 0 spiro atoms. The molecular weight excluding hydrogens is 232 g/mol. The minimum atomic E-state index is 0.349. The molecule has 3 heterocycles. The van der Waals surface area contributed by atoms with Crippen LogP contribution in [0.4, 0.5) is 0 Å². The standard InChI is InChI=1S/C11H18N2OS.C2H6/c1-12-4-9-2-3-10(5-12)13(9)11(14)8-6-15-7-8;1-2/h8-10H,2-7H2,1H3;1-2H3. The van der Waals surface area contributed by atoms with Crippen molar-refractivity contribution in [3.05, 3.63) is 0 Å². The number of fused-ring (bicyclic) bond motifs is 2. The van der Waals surface area contributed by atoms with Crippen molar-refractivity contribution in [1.29, 1.82) is 0 Å². The summed E-state index contributed by atoms with van der Waals surface area (Å²) in [4.78, 5) is 16.8. The number of thioether (sulfide) groups is 1. The van der Waals surface area contributed by atoms with Crippen molar-refractivity contribution < 1.29 is 4.79 Å². The van der Waals surface area contributed by atoms with Gasteiger partial charge in [-0.2, -0.15) is 11.8 Å². The van der Waals surface area contributed by atoms with E-state index in [0.717, 1.165) is 24.6 Å². The minimum Gasteiger partial charge on any atom is -0.334 e. The van der Waals surface area contributed by atoms with Crippen LogP contribution in [0, 0.1) is 5.92 Å². The van der Waals surface area contributed by atoms with Crippen LogP contribution in [-0.4, -0.2) is 59.4 Å². The SMILES string of the molecule is CC.CN1CC2CCC(C1)N2C(=O)C1CSC1. The van der Waals surface area contributed by atoms with Crippen molar-refractivity contribution in [2.45, 2.75) is 38.8 Å². The Morgan fingerprint density at radius 3 is 2.06 bits per heavy atom. The third kappa shape index (κ3) is 2.48. The summed E-state index contributed by atoms with van der Waals surface area (Å²) in [7, 11) is 2.17. The lowest BCUT2D eigenvalue weighted by molar-refractivity contribution is -0.140. The largest absolute Gasteiger partial charge is 0.334 e. The Bertz CT molecular complexity index is 267. The van der Waals surface area contributed by atoms with E-state index in [1.54, 1.807) is 0 Å². The summed E-state index contributed by atoms with van der Waals surface area (Å²) in [6, 6.07) is 1.04. The van der Waals surface area contributed by atoms with E-state index in [9.17, 15) is 4.79 Å². The van der Waals surface area contributed by atoms with Crippen LogP contribution in [0.5, 0.6) is 0 Å². The number of hydrogen-bond acceptors (Lipinski definition) is 3. The second-order valence-corrected chi connectivity index (χ2v) is 6.16. The van der Waals surface area contributed by atoms with Gasteiger partial charge in [0.1, 0.15) is 0 Å². The molecule has 0 radical (unpaired) electrons. The molecule has 0 saturated carbocycles. The minimum absolute atomic E-state index is 0.349. The van der Waals surface area contributed by atoms with Crippen molar-refractivity contribution >= 4 is 17.7 Å². The van der Waals surface area contributed by atoms with Crippen LogP contribution in [0.25, 0.3) is 0 Å². The third-order valence-electron chi connectivity index (χ3n) is 3.91. The molecule has 4 heteroatoms. The van der Waals surface area contributed by atoms with Gasteiger partial charge in [-0.3, -0.25) is 4.79 Å². The maximum absolute atomic E-state index is 12.2. The maximum atomic E-state index is 12.2. The van der Waals surface area contributed by atoms with Gasteiger partial charge in [-0.15, -0.1) is 0 Å². The first-order chi connectivity index (χ1) is 8.25. The highest BCUT2D eigenvalue weighted by atomic mass is 32.2. The van der Waals surface area contributed by atoms with Gasteiger partial charge < -0.3 is 9.80 Å². The monoisotopic (exact) mass is 256 g/mol. The molecule has 0 aromatic heterocycles. The number of nitrogens with zero attached hydrogens (tertiary/aromatic N) is 2. The van der Waals surface area contributed by atoms with Crippen molar-refractivity contribution in [3.8, 4) is 0 Å². The van der Waals surface area contributed by atoms with Crippen LogP contribution >= 0.6 is 11.8 Å². The van der Waals surface area contributed by atoms with Gasteiger partial charge in [0.2, 0.25) is 5.91 Å². The average molecular weight is 256 g/mol. The fourth-order valence-corrected chi connectivity index (χ4v) is 3.82. The molecule has 2 atom stereocenters. The number of likely N-dealkylation sites (tertiary alicyclic amines) is 1. The number of hydrogen-bond donors (Lipinski definition) is 0. The van der Waals surface area contributed by atoms with Gasteiger partial charge in [-0.25, -0.2) is 0 Å². The molecule has 3 fully saturated rings. The zero-order chi connectivity index (χ0) is 12.4. The summed E-state index contributed by atoms with van der Waals surface area (Å²) in [5.74, 6) is 2.92. The molecule has 3 aliphatic heterocycles. The van der Waals surface area contributed by atoms with Gasteiger partial charge in [-0.05, 0) is 19.9 Å². The molecule has 0 aliphatic carbocycles. The first-order valence-corrected chi connectivity index (χ1v) is 7.99. The van der Waals surface area contributed by atoms with Gasteiger partial charge in [0.25, 0.3) is 0 Å². The van der Waals surface area contributed by atoms with Crippen LogP contribution in [0.15, 0.2) is 0 Å². The molecule has 1 amide bonds. The highest BCUT2D eigenvalue weighted by Gasteiger charge is 2.44. The van der Waals surface area contributed by atoms with E-state index >= 15 is 0 Å². The van der Waals surface area contributed by atoms with Gasteiger partial charge in [0.15, 0.2) is 0 Å². The van der Waals surface area contributed by atoms with E-state index in [1.807, 2.05) is 25.6 Å². The highest BCUT2D eigenvalue weighted by molar-refractivity contribution is 8.00. The van der Waals surface area contributed by atoms with Gasteiger partial charge in [-0.1, -0.05) is 13.8 Å². The predicted molar refractivity (Wildman–Crippen MR) is 73.3 cm³/mol. The summed E-state index contributed by atoms with van der Waals surface area (Å²) in [5.41, 5.74) is 0. The summed E-state index contributed by atoms with van der Waals surface area (Å²) in [6.07, 6.45) is 2.45. The van der Waals surface area contributed by atoms with E-state index in [1.165, 1.54) is 12.8 Å². The Morgan fingerprint density at radius 1 is 1.12 bits per heavy atom. The lowest BCUT2D eigenvalue weighted by Gasteiger charge is -2.42. The Balaban J connectivity index is 0.000000514. The Kier molecular flexibility index (Phi) is 4.36. The first-order valence-electron chi connectivity index (χ1n) is 6.84. The lowest BCUT2D eigenvalue weighted by atomic mass is 10.1. The van der Waals surface area contributed by atoms with E-state index in [2.05, 4.69) is 16.8 Å². The number of rotatable bonds is 1. The second-order valence-electron chi connectivity index (χ2n) is 5.09. The normalized spacial score (nSPS) is 32.8. The molecule has 17 heavy (non-hydrogen) atoms. The Labute approximate surface area is 109 Å². The van der Waals surface area contributed by atoms with Crippen LogP contribution in [0.2, 0.25) is 0 Å². The number of amides is 1. The molecule has 0 aromatic rings. The zero-order valence-corrected chi connectivity index (χ0v) is 12.0. The quantitative estimate of drug-likeness (QED) is 0.713. The molecule has 3 aliphatic rings. The van der Waals surface area contributed by atoms with E-state index in [0.29, 0.717) is 23.9 Å². The number of carbonyl (C=O) groups is 1. The average Bonchev–Trinajstić information content (AvgIpc) is 2.52. The van der Waals surface area contributed by atoms with Crippen molar-refractivity contribution in [3.63, 3.8) is 0 Å². The van der Waals surface area contributed by atoms with Gasteiger partial charge in [0.05, 0.1) is 5.92 Å². The van der Waals surface area contributed by atoms with Crippen molar-refractivity contribution in [1.82, 2.24) is 9.80 Å². The van der Waals surface area contributed by atoms with Crippen LogP contribution in [-0.2, 0) is 4.79 Å². The summed E-state index contributed by atoms with van der Waals surface area (Å²) < 4.78 is 0. The number of piperazine rings is 1. The van der Waals surface area contributed by atoms with Crippen molar-refractivity contribution in [2.75, 3.05) is 31.6 Å². The lowest BCUT2D eigenvalue weighted by Crippen LogP contribution is -2.57. The maximum Gasteiger partial charge on any atom is 0.227 e. The number of carbonyl (C=O) groups excluding carboxylic acids is 1. The second kappa shape index (κ2) is 5.61. The predicted octanol–water partition coefficient (Wildman–Crippen LogP) is 1.68. The molecule has 2 bridgehead atoms. The fraction of sp³-hybridized carbons (Fsp3) is 0.923. The zero-order valence-electron chi connectivity index (χ0n) is 11.2. The third-order valence-corrected chi connectivity index (χ3v) is 5.18. The molecular formula is C13H24N2OS. The molecule has 0 aromatic carbocycles. The molecule has 98 valence electrons. The topological polar surface area (TPSA) is 23.6 Å². The summed E-state index contributed by atoms with van der Waals surface area (Å²) >= 11 is 1.90. The van der Waals surface area contributed by atoms with E-state index in [-0.39, 0.29) is 0 Å². The first kappa shape index (κ1) is 13.2.